The van der Waals surface area contributed by atoms with Crippen molar-refractivity contribution in [2.75, 3.05) is 72.7 Å². The predicted octanol–water partition coefficient (Wildman–Crippen LogP) is 2.24. The van der Waals surface area contributed by atoms with E-state index in [1.165, 1.54) is 12.1 Å². The van der Waals surface area contributed by atoms with Crippen LogP contribution in [0.1, 0.15) is 0 Å². The molecule has 28 heavy (non-hydrogen) atoms. The Labute approximate surface area is 165 Å². The Morgan fingerprint density at radius 2 is 1.18 bits per heavy atom. The highest BCUT2D eigenvalue weighted by Gasteiger charge is 2.04. The zero-order chi connectivity index (χ0) is 20.3. The summed E-state index contributed by atoms with van der Waals surface area (Å²) in [6.45, 7) is 8.91. The third-order valence-electron chi connectivity index (χ3n) is 3.27. The number of benzene rings is 1. The molecule has 1 rings (SSSR count). The molecule has 0 radical (unpaired) electrons. The van der Waals surface area contributed by atoms with Gasteiger partial charge in [0.05, 0.1) is 71.0 Å². The van der Waals surface area contributed by atoms with Gasteiger partial charge in [0, 0.05) is 12.1 Å². The standard InChI is InChI=1S/C19H29NO8/c1-2-7-23-8-9-24-10-11-25-12-13-26-14-15-27-16-17-28-19-5-3-18(4-6-19)20(21)22/h2-6H,1,7-17H2. The molecule has 0 aliphatic heterocycles. The van der Waals surface area contributed by atoms with E-state index in [9.17, 15) is 10.1 Å². The van der Waals surface area contributed by atoms with Crippen LogP contribution in [0, 0.1) is 10.1 Å². The molecule has 158 valence electrons. The highest BCUT2D eigenvalue weighted by Crippen LogP contribution is 2.16. The van der Waals surface area contributed by atoms with Crippen molar-refractivity contribution in [2.24, 2.45) is 0 Å². The topological polar surface area (TPSA) is 98.5 Å². The number of nitro benzene ring substituents is 1. The van der Waals surface area contributed by atoms with Crippen LogP contribution in [-0.4, -0.2) is 77.6 Å². The highest BCUT2D eigenvalue weighted by molar-refractivity contribution is 5.35. The maximum Gasteiger partial charge on any atom is 0.269 e. The van der Waals surface area contributed by atoms with Crippen LogP contribution in [-0.2, 0) is 23.7 Å². The Hall–Kier alpha value is -2.04. The lowest BCUT2D eigenvalue weighted by Crippen LogP contribution is -2.14. The summed E-state index contributed by atoms with van der Waals surface area (Å²) in [4.78, 5) is 10.1. The highest BCUT2D eigenvalue weighted by atomic mass is 16.6. The lowest BCUT2D eigenvalue weighted by atomic mass is 10.3. The van der Waals surface area contributed by atoms with Gasteiger partial charge in [0.15, 0.2) is 0 Å². The van der Waals surface area contributed by atoms with E-state index in [-0.39, 0.29) is 5.69 Å². The summed E-state index contributed by atoms with van der Waals surface area (Å²) in [7, 11) is 0. The largest absolute Gasteiger partial charge is 0.491 e. The first-order chi connectivity index (χ1) is 13.7. The molecule has 0 saturated heterocycles. The van der Waals surface area contributed by atoms with Gasteiger partial charge in [-0.15, -0.1) is 6.58 Å². The molecule has 1 aromatic rings. The quantitative estimate of drug-likeness (QED) is 0.151. The zero-order valence-corrected chi connectivity index (χ0v) is 16.1. The minimum atomic E-state index is -0.450. The number of hydrogen-bond acceptors (Lipinski definition) is 8. The Morgan fingerprint density at radius 3 is 1.61 bits per heavy atom. The number of hydrogen-bond donors (Lipinski definition) is 0. The summed E-state index contributed by atoms with van der Waals surface area (Å²) in [6, 6.07) is 5.92. The molecule has 0 aromatic heterocycles. The number of nitrogens with zero attached hydrogens (tertiary/aromatic N) is 1. The maximum atomic E-state index is 10.6. The second-order valence-corrected chi connectivity index (χ2v) is 5.41. The van der Waals surface area contributed by atoms with Gasteiger partial charge in [0.2, 0.25) is 0 Å². The Balaban J connectivity index is 1.79. The van der Waals surface area contributed by atoms with Gasteiger partial charge in [-0.2, -0.15) is 0 Å². The van der Waals surface area contributed by atoms with E-state index >= 15 is 0 Å². The fourth-order valence-electron chi connectivity index (χ4n) is 1.93. The summed E-state index contributed by atoms with van der Waals surface area (Å²) in [6.07, 6.45) is 1.70. The van der Waals surface area contributed by atoms with Crippen LogP contribution < -0.4 is 4.74 Å². The average Bonchev–Trinajstić information content (AvgIpc) is 2.70. The fraction of sp³-hybridized carbons (Fsp3) is 0.579. The minimum absolute atomic E-state index is 0.0334. The van der Waals surface area contributed by atoms with Crippen molar-refractivity contribution in [1.29, 1.82) is 0 Å². The zero-order valence-electron chi connectivity index (χ0n) is 16.1. The number of nitro groups is 1. The van der Waals surface area contributed by atoms with Gasteiger partial charge in [-0.25, -0.2) is 0 Å². The van der Waals surface area contributed by atoms with Crippen molar-refractivity contribution < 1.29 is 33.3 Å². The van der Waals surface area contributed by atoms with E-state index in [1.807, 2.05) is 0 Å². The van der Waals surface area contributed by atoms with Crippen LogP contribution in [0.15, 0.2) is 36.9 Å². The van der Waals surface area contributed by atoms with Crippen molar-refractivity contribution in [1.82, 2.24) is 0 Å². The molecule has 0 unspecified atom stereocenters. The van der Waals surface area contributed by atoms with Crippen molar-refractivity contribution in [2.45, 2.75) is 0 Å². The molecular weight excluding hydrogens is 370 g/mol. The molecule has 0 N–H and O–H groups in total. The third kappa shape index (κ3) is 13.2. The van der Waals surface area contributed by atoms with E-state index in [0.717, 1.165) is 0 Å². The molecule has 0 aliphatic carbocycles. The summed E-state index contributed by atoms with van der Waals surface area (Å²) in [5.41, 5.74) is 0.0334. The molecule has 0 amide bonds. The van der Waals surface area contributed by atoms with Crippen LogP contribution >= 0.6 is 0 Å². The molecular formula is C19H29NO8. The van der Waals surface area contributed by atoms with Gasteiger partial charge in [-0.1, -0.05) is 6.08 Å². The van der Waals surface area contributed by atoms with Crippen molar-refractivity contribution in [3.8, 4) is 5.75 Å². The van der Waals surface area contributed by atoms with Gasteiger partial charge >= 0.3 is 0 Å². The minimum Gasteiger partial charge on any atom is -0.491 e. The average molecular weight is 399 g/mol. The van der Waals surface area contributed by atoms with Crippen LogP contribution in [0.3, 0.4) is 0 Å². The van der Waals surface area contributed by atoms with E-state index < -0.39 is 4.92 Å². The Morgan fingerprint density at radius 1 is 0.750 bits per heavy atom. The lowest BCUT2D eigenvalue weighted by Gasteiger charge is -2.08. The monoisotopic (exact) mass is 399 g/mol. The molecule has 0 saturated carbocycles. The smallest absolute Gasteiger partial charge is 0.269 e. The van der Waals surface area contributed by atoms with Crippen LogP contribution in [0.25, 0.3) is 0 Å². The fourth-order valence-corrected chi connectivity index (χ4v) is 1.93. The normalized spacial score (nSPS) is 10.7. The lowest BCUT2D eigenvalue weighted by molar-refractivity contribution is -0.384. The number of non-ortho nitro benzene ring substituents is 1. The first-order valence-electron chi connectivity index (χ1n) is 9.11. The van der Waals surface area contributed by atoms with E-state index in [4.69, 9.17) is 28.4 Å². The van der Waals surface area contributed by atoms with E-state index in [2.05, 4.69) is 6.58 Å². The van der Waals surface area contributed by atoms with Crippen LogP contribution in [0.4, 0.5) is 5.69 Å². The molecule has 0 bridgehead atoms. The van der Waals surface area contributed by atoms with E-state index in [0.29, 0.717) is 78.4 Å². The molecule has 1 aromatic carbocycles. The number of rotatable bonds is 19. The predicted molar refractivity (Wildman–Crippen MR) is 103 cm³/mol. The van der Waals surface area contributed by atoms with Crippen molar-refractivity contribution >= 4 is 5.69 Å². The summed E-state index contributed by atoms with van der Waals surface area (Å²) in [5.74, 6) is 0.566. The Kier molecular flexibility index (Phi) is 14.6. The summed E-state index contributed by atoms with van der Waals surface area (Å²) >= 11 is 0. The number of ether oxygens (including phenoxy) is 6. The first kappa shape index (κ1) is 24.0. The maximum absolute atomic E-state index is 10.6. The van der Waals surface area contributed by atoms with Gasteiger partial charge in [0.1, 0.15) is 12.4 Å². The molecule has 0 aliphatic rings. The van der Waals surface area contributed by atoms with Crippen LogP contribution in [0.5, 0.6) is 5.75 Å². The molecule has 0 spiro atoms. The molecule has 0 atom stereocenters. The van der Waals surface area contributed by atoms with Crippen molar-refractivity contribution in [3.05, 3.63) is 47.0 Å². The summed E-state index contributed by atoms with van der Waals surface area (Å²) in [5, 5.41) is 10.6. The second-order valence-electron chi connectivity index (χ2n) is 5.41. The first-order valence-corrected chi connectivity index (χ1v) is 9.11. The van der Waals surface area contributed by atoms with Crippen LogP contribution in [0.2, 0.25) is 0 Å². The molecule has 9 heteroatoms. The third-order valence-corrected chi connectivity index (χ3v) is 3.27. The van der Waals surface area contributed by atoms with Gasteiger partial charge in [-0.3, -0.25) is 10.1 Å². The molecule has 9 nitrogen and oxygen atoms in total. The van der Waals surface area contributed by atoms with E-state index in [1.54, 1.807) is 18.2 Å². The van der Waals surface area contributed by atoms with Gasteiger partial charge in [0.25, 0.3) is 5.69 Å². The van der Waals surface area contributed by atoms with Crippen molar-refractivity contribution in [3.63, 3.8) is 0 Å². The van der Waals surface area contributed by atoms with Gasteiger partial charge in [-0.05, 0) is 12.1 Å². The SMILES string of the molecule is C=CCOCCOCCOCCOCCOCCOc1ccc([N+](=O)[O-])cc1. The Bertz CT molecular complexity index is 523. The molecule has 0 heterocycles. The van der Waals surface area contributed by atoms with Gasteiger partial charge < -0.3 is 28.4 Å². The second kappa shape index (κ2) is 17.1. The summed E-state index contributed by atoms with van der Waals surface area (Å²) < 4.78 is 32.1. The molecule has 0 fully saturated rings.